The molecule has 1 aromatic rings. The molecule has 1 aliphatic rings. The molecule has 0 spiro atoms. The Hall–Kier alpha value is -1.94. The van der Waals surface area contributed by atoms with E-state index in [0.29, 0.717) is 4.31 Å². The second kappa shape index (κ2) is 4.03. The summed E-state index contributed by atoms with van der Waals surface area (Å²) < 4.78 is 36.5. The quantitative estimate of drug-likeness (QED) is 0.815. The largest absolute Gasteiger partial charge is 0.272 e. The van der Waals surface area contributed by atoms with E-state index in [1.807, 2.05) is 0 Å². The number of halogens is 1. The number of hydrogen-bond donors (Lipinski definition) is 0. The van der Waals surface area contributed by atoms with E-state index < -0.39 is 26.5 Å². The van der Waals surface area contributed by atoms with E-state index in [-0.39, 0.29) is 17.7 Å². The van der Waals surface area contributed by atoms with E-state index in [1.54, 1.807) is 6.07 Å². The van der Waals surface area contributed by atoms with Crippen LogP contribution in [0.5, 0.6) is 0 Å². The van der Waals surface area contributed by atoms with Crippen molar-refractivity contribution in [3.8, 4) is 6.07 Å². The molecule has 0 bridgehead atoms. The predicted octanol–water partition coefficient (Wildman–Crippen LogP) is 1.15. The van der Waals surface area contributed by atoms with Crippen LogP contribution < -0.4 is 0 Å². The summed E-state index contributed by atoms with van der Waals surface area (Å²) in [6.07, 6.45) is 0. The molecule has 5 nitrogen and oxygen atoms in total. The summed E-state index contributed by atoms with van der Waals surface area (Å²) in [5, 5.41) is 8.61. The van der Waals surface area contributed by atoms with Crippen molar-refractivity contribution in [3.63, 3.8) is 0 Å². The number of benzene rings is 1. The number of nitrogens with zero attached hydrogens (tertiary/aromatic N) is 2. The molecule has 0 unspecified atom stereocenters. The molecule has 19 heavy (non-hydrogen) atoms. The topological polar surface area (TPSA) is 78.2 Å². The van der Waals surface area contributed by atoms with Crippen molar-refractivity contribution in [1.82, 2.24) is 4.31 Å². The summed E-state index contributed by atoms with van der Waals surface area (Å²) in [6, 6.07) is 5.47. The molecule has 0 atom stereocenters. The summed E-state index contributed by atoms with van der Waals surface area (Å²) in [4.78, 5) is 11.7. The highest BCUT2D eigenvalue weighted by atomic mass is 32.2. The molecule has 100 valence electrons. The molecule has 0 radical (unpaired) electrons. The van der Waals surface area contributed by atoms with Crippen molar-refractivity contribution in [2.24, 2.45) is 0 Å². The van der Waals surface area contributed by atoms with E-state index >= 15 is 0 Å². The first-order valence-corrected chi connectivity index (χ1v) is 6.91. The van der Waals surface area contributed by atoms with Crippen molar-refractivity contribution in [1.29, 1.82) is 5.26 Å². The number of carbonyl (C=O) groups is 1. The average molecular weight is 282 g/mol. The first kappa shape index (κ1) is 13.5. The fourth-order valence-corrected chi connectivity index (χ4v) is 3.32. The highest BCUT2D eigenvalue weighted by Crippen LogP contribution is 2.36. The summed E-state index contributed by atoms with van der Waals surface area (Å²) in [5.41, 5.74) is 0.200. The average Bonchev–Trinajstić information content (AvgIpc) is 2.35. The van der Waals surface area contributed by atoms with Gasteiger partial charge in [-0.15, -0.1) is 0 Å². The van der Waals surface area contributed by atoms with Crippen LogP contribution in [0.25, 0.3) is 0 Å². The van der Waals surface area contributed by atoms with Crippen molar-refractivity contribution in [2.45, 2.75) is 25.1 Å². The molecule has 1 aliphatic heterocycles. The fourth-order valence-electron chi connectivity index (χ4n) is 1.81. The zero-order chi connectivity index (χ0) is 14.4. The van der Waals surface area contributed by atoms with E-state index in [2.05, 4.69) is 0 Å². The molecule has 1 saturated heterocycles. The first-order chi connectivity index (χ1) is 8.71. The lowest BCUT2D eigenvalue weighted by Gasteiger charge is -2.43. The molecule has 1 heterocycles. The molecular weight excluding hydrogens is 271 g/mol. The van der Waals surface area contributed by atoms with Gasteiger partial charge in [0.05, 0.1) is 18.2 Å². The van der Waals surface area contributed by atoms with E-state index in [0.717, 1.165) is 6.07 Å². The molecule has 1 amide bonds. The molecule has 1 aromatic carbocycles. The van der Waals surface area contributed by atoms with Gasteiger partial charge in [0.1, 0.15) is 5.82 Å². The lowest BCUT2D eigenvalue weighted by molar-refractivity contribution is -0.132. The van der Waals surface area contributed by atoms with E-state index in [9.17, 15) is 17.6 Å². The molecular formula is C12H11FN2O3S. The molecule has 0 saturated carbocycles. The van der Waals surface area contributed by atoms with Gasteiger partial charge in [-0.05, 0) is 26.0 Å². The Balaban J connectivity index is 2.30. The Kier molecular flexibility index (Phi) is 2.86. The number of nitriles is 1. The summed E-state index contributed by atoms with van der Waals surface area (Å²) in [6.45, 7) is 2.29. The lowest BCUT2D eigenvalue weighted by Crippen LogP contribution is -2.66. The fraction of sp³-hybridized carbons (Fsp3) is 0.333. The van der Waals surface area contributed by atoms with Crippen LogP contribution in [0.15, 0.2) is 18.2 Å². The van der Waals surface area contributed by atoms with Crippen LogP contribution in [0.1, 0.15) is 25.0 Å². The monoisotopic (exact) mass is 282 g/mol. The SMILES string of the molecule is CC1(C)C(=O)N(Cc2ccc(C#N)cc2F)S1(=O)=O. The summed E-state index contributed by atoms with van der Waals surface area (Å²) in [5.74, 6) is -1.26. The minimum atomic E-state index is -3.73. The summed E-state index contributed by atoms with van der Waals surface area (Å²) in [7, 11) is -3.73. The van der Waals surface area contributed by atoms with Gasteiger partial charge in [0.25, 0.3) is 15.9 Å². The Morgan fingerprint density at radius 3 is 2.53 bits per heavy atom. The van der Waals surface area contributed by atoms with Gasteiger partial charge in [-0.2, -0.15) is 5.26 Å². The van der Waals surface area contributed by atoms with Crippen LogP contribution in [0, 0.1) is 17.1 Å². The molecule has 0 aromatic heterocycles. The third-order valence-corrected chi connectivity index (χ3v) is 5.51. The smallest absolute Gasteiger partial charge is 0.259 e. The molecule has 0 aliphatic carbocycles. The molecule has 0 N–H and O–H groups in total. The highest BCUT2D eigenvalue weighted by Gasteiger charge is 2.59. The predicted molar refractivity (Wildman–Crippen MR) is 64.7 cm³/mol. The van der Waals surface area contributed by atoms with Crippen molar-refractivity contribution in [2.75, 3.05) is 0 Å². The van der Waals surface area contributed by atoms with Gasteiger partial charge < -0.3 is 0 Å². The maximum Gasteiger partial charge on any atom is 0.259 e. The summed E-state index contributed by atoms with van der Waals surface area (Å²) >= 11 is 0. The second-order valence-electron chi connectivity index (χ2n) is 4.75. The number of carbonyl (C=O) groups excluding carboxylic acids is 1. The lowest BCUT2D eigenvalue weighted by atomic mass is 10.1. The third-order valence-electron chi connectivity index (χ3n) is 3.17. The Morgan fingerprint density at radius 1 is 1.42 bits per heavy atom. The first-order valence-electron chi connectivity index (χ1n) is 5.47. The molecule has 1 fully saturated rings. The maximum absolute atomic E-state index is 13.6. The molecule has 7 heteroatoms. The van der Waals surface area contributed by atoms with Crippen LogP contribution in [0.4, 0.5) is 4.39 Å². The van der Waals surface area contributed by atoms with Crippen molar-refractivity contribution in [3.05, 3.63) is 35.1 Å². The Labute approximate surface area is 110 Å². The Bertz CT molecular complexity index is 704. The van der Waals surface area contributed by atoms with Crippen LogP contribution in [0.2, 0.25) is 0 Å². The highest BCUT2D eigenvalue weighted by molar-refractivity contribution is 7.94. The number of hydrogen-bond acceptors (Lipinski definition) is 4. The number of sulfonamides is 1. The minimum Gasteiger partial charge on any atom is -0.272 e. The van der Waals surface area contributed by atoms with Gasteiger partial charge in [0, 0.05) is 5.56 Å². The zero-order valence-electron chi connectivity index (χ0n) is 10.3. The van der Waals surface area contributed by atoms with E-state index in [1.165, 1.54) is 26.0 Å². The third kappa shape index (κ3) is 1.79. The normalized spacial score (nSPS) is 19.7. The van der Waals surface area contributed by atoms with E-state index in [4.69, 9.17) is 5.26 Å². The number of rotatable bonds is 2. The zero-order valence-corrected chi connectivity index (χ0v) is 11.2. The van der Waals surface area contributed by atoms with Gasteiger partial charge in [-0.1, -0.05) is 6.07 Å². The van der Waals surface area contributed by atoms with Crippen molar-refractivity contribution < 1.29 is 17.6 Å². The van der Waals surface area contributed by atoms with Crippen LogP contribution in [0.3, 0.4) is 0 Å². The van der Waals surface area contributed by atoms with Crippen molar-refractivity contribution >= 4 is 15.9 Å². The Morgan fingerprint density at radius 2 is 2.05 bits per heavy atom. The maximum atomic E-state index is 13.6. The van der Waals surface area contributed by atoms with Gasteiger partial charge >= 0.3 is 0 Å². The standard InChI is InChI=1S/C12H11FN2O3S/c1-12(2)11(16)15(19(12,17)18)7-9-4-3-8(6-14)5-10(9)13/h3-5H,7H2,1-2H3. The van der Waals surface area contributed by atoms with Gasteiger partial charge in [-0.25, -0.2) is 17.1 Å². The van der Waals surface area contributed by atoms with Crippen LogP contribution in [-0.2, 0) is 21.4 Å². The van der Waals surface area contributed by atoms with Gasteiger partial charge in [0.15, 0.2) is 4.75 Å². The van der Waals surface area contributed by atoms with Crippen LogP contribution in [-0.4, -0.2) is 23.4 Å². The van der Waals surface area contributed by atoms with Gasteiger partial charge in [0.2, 0.25) is 0 Å². The molecule has 2 rings (SSSR count). The second-order valence-corrected chi connectivity index (χ2v) is 7.16. The minimum absolute atomic E-state index is 0.0615. The van der Waals surface area contributed by atoms with Crippen LogP contribution >= 0.6 is 0 Å². The number of amides is 1. The van der Waals surface area contributed by atoms with Gasteiger partial charge in [-0.3, -0.25) is 4.79 Å².